The van der Waals surface area contributed by atoms with Crippen LogP contribution < -0.4 is 15.4 Å². The van der Waals surface area contributed by atoms with Gasteiger partial charge in [-0.15, -0.1) is 12.4 Å². The van der Waals surface area contributed by atoms with E-state index in [0.717, 1.165) is 31.4 Å². The normalized spacial score (nSPS) is 14.8. The van der Waals surface area contributed by atoms with Gasteiger partial charge in [-0.25, -0.2) is 13.1 Å². The number of aryl methyl sites for hydroxylation is 2. The Hall–Kier alpha value is -1.15. The summed E-state index contributed by atoms with van der Waals surface area (Å²) in [5.41, 5.74) is 2.38. The molecule has 6 nitrogen and oxygen atoms in total. The van der Waals surface area contributed by atoms with E-state index < -0.39 is 10.0 Å². The van der Waals surface area contributed by atoms with E-state index in [1.54, 1.807) is 12.1 Å². The number of amides is 1. The number of carbonyl (C=O) groups is 1. The van der Waals surface area contributed by atoms with Crippen LogP contribution in [0.2, 0.25) is 0 Å². The minimum absolute atomic E-state index is 0. The van der Waals surface area contributed by atoms with Crippen molar-refractivity contribution in [3.05, 3.63) is 29.3 Å². The van der Waals surface area contributed by atoms with Crippen LogP contribution >= 0.6 is 12.4 Å². The van der Waals surface area contributed by atoms with Crippen molar-refractivity contribution < 1.29 is 13.2 Å². The van der Waals surface area contributed by atoms with E-state index in [2.05, 4.69) is 15.4 Å². The van der Waals surface area contributed by atoms with Crippen molar-refractivity contribution in [1.29, 1.82) is 0 Å². The number of nitrogens with one attached hydrogen (secondary N) is 3. The number of likely N-dealkylation sites (N-methyl/N-ethyl adjacent to an activating group) is 1. The predicted octanol–water partition coefficient (Wildman–Crippen LogP) is 1.77. The first-order chi connectivity index (χ1) is 11.9. The molecule has 1 aliphatic rings. The number of halogens is 1. The largest absolute Gasteiger partial charge is 0.355 e. The zero-order valence-electron chi connectivity index (χ0n) is 15.5. The minimum Gasteiger partial charge on any atom is -0.355 e. The first-order valence-corrected chi connectivity index (χ1v) is 10.5. The van der Waals surface area contributed by atoms with Gasteiger partial charge in [-0.3, -0.25) is 4.79 Å². The first kappa shape index (κ1) is 22.9. The molecule has 0 fully saturated rings. The molecule has 1 aromatic rings. The fourth-order valence-electron chi connectivity index (χ4n) is 3.04. The number of rotatable bonds is 9. The maximum Gasteiger partial charge on any atom is 0.240 e. The first-order valence-electron chi connectivity index (χ1n) is 9.04. The van der Waals surface area contributed by atoms with Gasteiger partial charge in [0.2, 0.25) is 15.9 Å². The van der Waals surface area contributed by atoms with E-state index in [0.29, 0.717) is 6.54 Å². The van der Waals surface area contributed by atoms with Gasteiger partial charge >= 0.3 is 0 Å². The third kappa shape index (κ3) is 6.87. The second-order valence-electron chi connectivity index (χ2n) is 6.55. The van der Waals surface area contributed by atoms with E-state index in [1.165, 1.54) is 12.0 Å². The van der Waals surface area contributed by atoms with Crippen molar-refractivity contribution in [2.75, 3.05) is 19.6 Å². The van der Waals surface area contributed by atoms with E-state index in [1.807, 2.05) is 19.9 Å². The van der Waals surface area contributed by atoms with Gasteiger partial charge in [0.1, 0.15) is 0 Å². The number of fused-ring (bicyclic) bond motifs is 1. The molecule has 1 atom stereocenters. The number of sulfonamides is 1. The molecule has 26 heavy (non-hydrogen) atoms. The maximum absolute atomic E-state index is 12.4. The van der Waals surface area contributed by atoms with Crippen molar-refractivity contribution in [3.63, 3.8) is 0 Å². The molecule has 0 aliphatic heterocycles. The van der Waals surface area contributed by atoms with Crippen LogP contribution in [-0.2, 0) is 27.7 Å². The lowest BCUT2D eigenvalue weighted by atomic mass is 9.92. The molecule has 0 saturated heterocycles. The topological polar surface area (TPSA) is 87.3 Å². The van der Waals surface area contributed by atoms with Gasteiger partial charge < -0.3 is 10.6 Å². The number of carbonyl (C=O) groups excluding carboxylic acids is 1. The average Bonchev–Trinajstić information content (AvgIpc) is 2.59. The van der Waals surface area contributed by atoms with Crippen molar-refractivity contribution >= 4 is 28.3 Å². The average molecular weight is 404 g/mol. The second kappa shape index (κ2) is 10.9. The predicted molar refractivity (Wildman–Crippen MR) is 106 cm³/mol. The molecule has 0 heterocycles. The molecular weight excluding hydrogens is 374 g/mol. The van der Waals surface area contributed by atoms with Crippen LogP contribution in [0.15, 0.2) is 23.1 Å². The highest BCUT2D eigenvalue weighted by atomic mass is 35.5. The molecule has 8 heteroatoms. The van der Waals surface area contributed by atoms with Gasteiger partial charge in [0, 0.05) is 25.6 Å². The fraction of sp³-hybridized carbons (Fsp3) is 0.611. The van der Waals surface area contributed by atoms with Gasteiger partial charge in [0.15, 0.2) is 0 Å². The summed E-state index contributed by atoms with van der Waals surface area (Å²) >= 11 is 0. The third-order valence-corrected chi connectivity index (χ3v) is 5.89. The zero-order valence-corrected chi connectivity index (χ0v) is 17.1. The third-order valence-electron chi connectivity index (χ3n) is 4.43. The Morgan fingerprint density at radius 2 is 1.88 bits per heavy atom. The molecule has 148 valence electrons. The maximum atomic E-state index is 12.4. The summed E-state index contributed by atoms with van der Waals surface area (Å²) in [5.74, 6) is -0.155. The minimum atomic E-state index is -3.57. The quantitative estimate of drug-likeness (QED) is 0.586. The van der Waals surface area contributed by atoms with Crippen molar-refractivity contribution in [1.82, 2.24) is 15.4 Å². The van der Waals surface area contributed by atoms with Crippen LogP contribution in [0.5, 0.6) is 0 Å². The highest BCUT2D eigenvalue weighted by Gasteiger charge is 2.17. The lowest BCUT2D eigenvalue weighted by Crippen LogP contribution is -2.39. The summed E-state index contributed by atoms with van der Waals surface area (Å²) in [6.45, 7) is 5.47. The lowest BCUT2D eigenvalue weighted by molar-refractivity contribution is -0.121. The van der Waals surface area contributed by atoms with Gasteiger partial charge in [-0.1, -0.05) is 13.0 Å². The van der Waals surface area contributed by atoms with Crippen molar-refractivity contribution in [2.45, 2.75) is 56.9 Å². The Morgan fingerprint density at radius 3 is 2.58 bits per heavy atom. The standard InChI is InChI=1S/C18H29N3O3S.ClH/c1-3-19-14(2)13-20-18(22)10-11-21-25(23,24)17-9-8-15-6-4-5-7-16(15)12-17;/h8-9,12,14,19,21H,3-7,10-11,13H2,1-2H3,(H,20,22);1H/t14-;/m1./s1. The van der Waals surface area contributed by atoms with E-state index in [4.69, 9.17) is 0 Å². The van der Waals surface area contributed by atoms with E-state index in [-0.39, 0.29) is 42.2 Å². The van der Waals surface area contributed by atoms with Crippen molar-refractivity contribution in [3.8, 4) is 0 Å². The summed E-state index contributed by atoms with van der Waals surface area (Å²) in [6, 6.07) is 5.54. The molecule has 1 amide bonds. The highest BCUT2D eigenvalue weighted by molar-refractivity contribution is 7.89. The van der Waals surface area contributed by atoms with E-state index >= 15 is 0 Å². The number of hydrogen-bond acceptors (Lipinski definition) is 4. The molecule has 0 saturated carbocycles. The summed E-state index contributed by atoms with van der Waals surface area (Å²) in [4.78, 5) is 12.1. The summed E-state index contributed by atoms with van der Waals surface area (Å²) in [5, 5.41) is 6.00. The smallest absolute Gasteiger partial charge is 0.240 e. The van der Waals surface area contributed by atoms with Gasteiger partial charge in [-0.2, -0.15) is 0 Å². The van der Waals surface area contributed by atoms with Crippen LogP contribution in [0.1, 0.15) is 44.2 Å². The van der Waals surface area contributed by atoms with Crippen LogP contribution in [0.25, 0.3) is 0 Å². The Labute approximate surface area is 163 Å². The lowest BCUT2D eigenvalue weighted by Gasteiger charge is -2.17. The zero-order chi connectivity index (χ0) is 18.3. The Kier molecular flexibility index (Phi) is 9.57. The molecule has 0 bridgehead atoms. The number of benzene rings is 1. The highest BCUT2D eigenvalue weighted by Crippen LogP contribution is 2.23. The summed E-state index contributed by atoms with van der Waals surface area (Å²) < 4.78 is 27.3. The van der Waals surface area contributed by atoms with Crippen LogP contribution in [0.4, 0.5) is 0 Å². The van der Waals surface area contributed by atoms with E-state index in [9.17, 15) is 13.2 Å². The van der Waals surface area contributed by atoms with Gasteiger partial charge in [0.05, 0.1) is 4.90 Å². The molecular formula is C18H30ClN3O3S. The summed E-state index contributed by atoms with van der Waals surface area (Å²) in [6.07, 6.45) is 4.36. The van der Waals surface area contributed by atoms with Crippen molar-refractivity contribution in [2.24, 2.45) is 0 Å². The SMILES string of the molecule is CCN[C@H](C)CNC(=O)CCNS(=O)(=O)c1ccc2c(c1)CCCC2.Cl. The van der Waals surface area contributed by atoms with Gasteiger partial charge in [-0.05, 0) is 62.4 Å². The monoisotopic (exact) mass is 403 g/mol. The number of hydrogen-bond donors (Lipinski definition) is 3. The van der Waals surface area contributed by atoms with Gasteiger partial charge in [0.25, 0.3) is 0 Å². The summed E-state index contributed by atoms with van der Waals surface area (Å²) in [7, 11) is -3.57. The molecule has 0 aromatic heterocycles. The Bertz CT molecular complexity index is 695. The molecule has 0 spiro atoms. The molecule has 1 aliphatic carbocycles. The molecule has 2 rings (SSSR count). The molecule has 3 N–H and O–H groups in total. The van der Waals surface area contributed by atoms with Crippen LogP contribution in [0.3, 0.4) is 0 Å². The Morgan fingerprint density at radius 1 is 1.19 bits per heavy atom. The second-order valence-corrected chi connectivity index (χ2v) is 8.32. The van der Waals surface area contributed by atoms with Crippen LogP contribution in [-0.4, -0.2) is 40.0 Å². The Balaban J connectivity index is 0.00000338. The fourth-order valence-corrected chi connectivity index (χ4v) is 4.12. The molecule has 0 radical (unpaired) electrons. The molecule has 0 unspecified atom stereocenters. The molecule has 1 aromatic carbocycles. The van der Waals surface area contributed by atoms with Crippen LogP contribution in [0, 0.1) is 0 Å².